The Hall–Kier alpha value is -1.94. The topological polar surface area (TPSA) is 237 Å². The number of hydrogen-bond donors (Lipinski definition) is 3. The molecule has 5 atom stereocenters. The standard InChI is InChI=1S/C78H152O17P2/c1-6-9-12-15-18-21-24-26-29-34-37-42-47-52-57-62-76(81)89-68-74(95-78(83)64-59-54-49-44-39-35-31-28-27-30-33-36-40-45-50-55-60-71(4)5)70-93-97(86,87)91-66-72(79)65-90-96(84,85)92-69-73(67-88-75(80)61-56-51-46-41-23-20-17-14-11-8-3)94-77(82)63-58-53-48-43-38-32-25-22-19-16-13-10-7-2/h71-74,79H,6-70H2,1-5H3,(H,84,85)(H,86,87)/t72-,73+,74+/m0/s1. The zero-order valence-electron chi connectivity index (χ0n) is 63.2. The monoisotopic (exact) mass is 1420 g/mol. The summed E-state index contributed by atoms with van der Waals surface area (Å²) >= 11 is 0. The van der Waals surface area contributed by atoms with Crippen LogP contribution < -0.4 is 0 Å². The molecule has 17 nitrogen and oxygen atoms in total. The highest BCUT2D eigenvalue weighted by molar-refractivity contribution is 7.47. The second-order valence-corrected chi connectivity index (χ2v) is 31.5. The Morgan fingerprint density at radius 1 is 0.278 bits per heavy atom. The molecule has 0 amide bonds. The molecule has 0 saturated carbocycles. The number of esters is 4. The van der Waals surface area contributed by atoms with E-state index in [-0.39, 0.29) is 25.7 Å². The lowest BCUT2D eigenvalue weighted by atomic mass is 10.0. The van der Waals surface area contributed by atoms with Crippen LogP contribution in [0.4, 0.5) is 0 Å². The lowest BCUT2D eigenvalue weighted by molar-refractivity contribution is -0.161. The molecule has 0 spiro atoms. The number of rotatable bonds is 78. The van der Waals surface area contributed by atoms with Gasteiger partial charge in [0.05, 0.1) is 26.4 Å². The van der Waals surface area contributed by atoms with E-state index in [4.69, 9.17) is 37.0 Å². The van der Waals surface area contributed by atoms with Crippen molar-refractivity contribution in [2.45, 2.75) is 432 Å². The fourth-order valence-corrected chi connectivity index (χ4v) is 13.6. The van der Waals surface area contributed by atoms with E-state index in [2.05, 4.69) is 34.6 Å². The molecule has 0 aromatic carbocycles. The Morgan fingerprint density at radius 2 is 0.474 bits per heavy atom. The molecule has 2 unspecified atom stereocenters. The molecule has 19 heteroatoms. The third-order valence-corrected chi connectivity index (χ3v) is 20.2. The van der Waals surface area contributed by atoms with Gasteiger partial charge in [-0.15, -0.1) is 0 Å². The summed E-state index contributed by atoms with van der Waals surface area (Å²) in [5.74, 6) is -1.30. The number of aliphatic hydroxyl groups is 1. The third-order valence-electron chi connectivity index (χ3n) is 18.3. The first-order valence-corrected chi connectivity index (χ1v) is 43.6. The molecule has 0 saturated heterocycles. The summed E-state index contributed by atoms with van der Waals surface area (Å²) in [4.78, 5) is 72.9. The average molecular weight is 1420 g/mol. The lowest BCUT2D eigenvalue weighted by Crippen LogP contribution is -2.30. The molecule has 0 aromatic rings. The highest BCUT2D eigenvalue weighted by Gasteiger charge is 2.30. The van der Waals surface area contributed by atoms with Crippen LogP contribution in [0, 0.1) is 5.92 Å². The number of unbranched alkanes of at least 4 members (excludes halogenated alkanes) is 50. The van der Waals surface area contributed by atoms with Crippen molar-refractivity contribution in [3.63, 3.8) is 0 Å². The molecule has 0 aliphatic heterocycles. The first-order chi connectivity index (χ1) is 47.0. The van der Waals surface area contributed by atoms with E-state index >= 15 is 0 Å². The maximum absolute atomic E-state index is 13.1. The van der Waals surface area contributed by atoms with Gasteiger partial charge in [0.15, 0.2) is 12.2 Å². The molecule has 0 heterocycles. The van der Waals surface area contributed by atoms with Gasteiger partial charge in [-0.1, -0.05) is 362 Å². The van der Waals surface area contributed by atoms with Crippen molar-refractivity contribution >= 4 is 39.5 Å². The normalized spacial score (nSPS) is 13.9. The van der Waals surface area contributed by atoms with E-state index in [1.54, 1.807) is 0 Å². The van der Waals surface area contributed by atoms with Gasteiger partial charge < -0.3 is 33.8 Å². The van der Waals surface area contributed by atoms with E-state index in [1.807, 2.05) is 0 Å². The number of phosphoric acid groups is 2. The second-order valence-electron chi connectivity index (χ2n) is 28.6. The molecule has 0 aromatic heterocycles. The quantitative estimate of drug-likeness (QED) is 0.0222. The van der Waals surface area contributed by atoms with Crippen molar-refractivity contribution in [2.75, 3.05) is 39.6 Å². The molecule has 97 heavy (non-hydrogen) atoms. The van der Waals surface area contributed by atoms with E-state index in [0.29, 0.717) is 25.7 Å². The lowest BCUT2D eigenvalue weighted by Gasteiger charge is -2.21. The first-order valence-electron chi connectivity index (χ1n) is 40.6. The van der Waals surface area contributed by atoms with Gasteiger partial charge in [-0.05, 0) is 31.6 Å². The van der Waals surface area contributed by atoms with Gasteiger partial charge in [-0.3, -0.25) is 37.3 Å². The van der Waals surface area contributed by atoms with Crippen molar-refractivity contribution in [1.29, 1.82) is 0 Å². The third kappa shape index (κ3) is 72.2. The summed E-state index contributed by atoms with van der Waals surface area (Å²) in [5, 5.41) is 10.6. The molecule has 0 aliphatic carbocycles. The number of carbonyl (C=O) groups excluding carboxylic acids is 4. The van der Waals surface area contributed by atoms with E-state index in [1.165, 1.54) is 238 Å². The van der Waals surface area contributed by atoms with Crippen LogP contribution in [0.5, 0.6) is 0 Å². The van der Waals surface area contributed by atoms with Crippen molar-refractivity contribution in [3.05, 3.63) is 0 Å². The van der Waals surface area contributed by atoms with Crippen LogP contribution in [0.15, 0.2) is 0 Å². The van der Waals surface area contributed by atoms with Crippen LogP contribution in [-0.2, 0) is 65.4 Å². The summed E-state index contributed by atoms with van der Waals surface area (Å²) in [6.45, 7) is 7.34. The minimum Gasteiger partial charge on any atom is -0.462 e. The van der Waals surface area contributed by atoms with Crippen molar-refractivity contribution in [2.24, 2.45) is 5.92 Å². The van der Waals surface area contributed by atoms with Gasteiger partial charge in [0.25, 0.3) is 0 Å². The smallest absolute Gasteiger partial charge is 0.462 e. The zero-order valence-corrected chi connectivity index (χ0v) is 65.0. The van der Waals surface area contributed by atoms with Crippen LogP contribution in [0.2, 0.25) is 0 Å². The minimum atomic E-state index is -4.96. The highest BCUT2D eigenvalue weighted by atomic mass is 31.2. The maximum atomic E-state index is 13.1. The summed E-state index contributed by atoms with van der Waals surface area (Å²) in [6, 6.07) is 0. The number of carbonyl (C=O) groups is 4. The molecule has 0 bridgehead atoms. The SMILES string of the molecule is CCCCCCCCCCCCCCCCCC(=O)OC[C@H](COP(=O)(O)OC[C@@H](O)COP(=O)(O)OC[C@@H](COC(=O)CCCCCCCCCCCC)OC(=O)CCCCCCCCCCCCCCC)OC(=O)CCCCCCCCCCCCCCCCCCC(C)C. The van der Waals surface area contributed by atoms with Crippen molar-refractivity contribution in [1.82, 2.24) is 0 Å². The molecule has 0 fully saturated rings. The average Bonchev–Trinajstić information content (AvgIpc) is 1.70. The van der Waals surface area contributed by atoms with E-state index in [9.17, 15) is 43.2 Å². The summed E-state index contributed by atoms with van der Waals surface area (Å²) in [5.41, 5.74) is 0. The largest absolute Gasteiger partial charge is 0.472 e. The van der Waals surface area contributed by atoms with Gasteiger partial charge >= 0.3 is 39.5 Å². The Morgan fingerprint density at radius 3 is 0.701 bits per heavy atom. The number of hydrogen-bond acceptors (Lipinski definition) is 15. The fraction of sp³-hybridized carbons (Fsp3) is 0.949. The Labute approximate surface area is 594 Å². The molecule has 3 N–H and O–H groups in total. The Kier molecular flexibility index (Phi) is 69.6. The molecule has 576 valence electrons. The second kappa shape index (κ2) is 71.1. The number of ether oxygens (including phenoxy) is 4. The van der Waals surface area contributed by atoms with Gasteiger partial charge in [0.1, 0.15) is 19.3 Å². The summed E-state index contributed by atoms with van der Waals surface area (Å²) < 4.78 is 68.6. The minimum absolute atomic E-state index is 0.108. The van der Waals surface area contributed by atoms with E-state index in [0.717, 1.165) is 95.8 Å². The van der Waals surface area contributed by atoms with Crippen LogP contribution in [0.25, 0.3) is 0 Å². The Balaban J connectivity index is 5.23. The molecule has 0 rings (SSSR count). The van der Waals surface area contributed by atoms with Gasteiger partial charge in [-0.2, -0.15) is 0 Å². The van der Waals surface area contributed by atoms with Crippen molar-refractivity contribution < 1.29 is 80.2 Å². The summed E-state index contributed by atoms with van der Waals surface area (Å²) in [6.07, 6.45) is 60.9. The van der Waals surface area contributed by atoms with Crippen LogP contribution in [-0.4, -0.2) is 96.7 Å². The van der Waals surface area contributed by atoms with Crippen LogP contribution in [0.3, 0.4) is 0 Å². The Bertz CT molecular complexity index is 1860. The molecule has 0 radical (unpaired) electrons. The maximum Gasteiger partial charge on any atom is 0.472 e. The van der Waals surface area contributed by atoms with Crippen molar-refractivity contribution in [3.8, 4) is 0 Å². The van der Waals surface area contributed by atoms with Crippen LogP contribution in [0.1, 0.15) is 413 Å². The highest BCUT2D eigenvalue weighted by Crippen LogP contribution is 2.45. The van der Waals surface area contributed by atoms with Gasteiger partial charge in [-0.25, -0.2) is 9.13 Å². The fourth-order valence-electron chi connectivity index (χ4n) is 12.1. The van der Waals surface area contributed by atoms with Gasteiger partial charge in [0, 0.05) is 25.7 Å². The molecular weight excluding hydrogens is 1270 g/mol. The molecule has 0 aliphatic rings. The number of aliphatic hydroxyl groups excluding tert-OH is 1. The van der Waals surface area contributed by atoms with Crippen LogP contribution >= 0.6 is 15.6 Å². The summed E-state index contributed by atoms with van der Waals surface area (Å²) in [7, 11) is -9.91. The first kappa shape index (κ1) is 95.1. The number of phosphoric ester groups is 2. The molecular formula is C78H152O17P2. The predicted octanol–water partition coefficient (Wildman–Crippen LogP) is 23.3. The predicted molar refractivity (Wildman–Crippen MR) is 395 cm³/mol. The zero-order chi connectivity index (χ0) is 71.2. The van der Waals surface area contributed by atoms with Gasteiger partial charge in [0.2, 0.25) is 0 Å². The van der Waals surface area contributed by atoms with E-state index < -0.39 is 97.5 Å².